The molecule has 3 aromatic rings. The number of benzene rings is 1. The molecule has 0 aliphatic rings. The van der Waals surface area contributed by atoms with E-state index in [0.717, 1.165) is 21.4 Å². The van der Waals surface area contributed by atoms with Crippen LogP contribution in [0, 0.1) is 0 Å². The van der Waals surface area contributed by atoms with E-state index in [9.17, 15) is 0 Å². The van der Waals surface area contributed by atoms with E-state index in [2.05, 4.69) is 38.0 Å². The molecule has 0 saturated heterocycles. The zero-order valence-corrected chi connectivity index (χ0v) is 10.0. The average Bonchev–Trinajstić information content (AvgIpc) is 2.76. The van der Waals surface area contributed by atoms with Crippen molar-refractivity contribution < 1.29 is 0 Å². The third-order valence-electron chi connectivity index (χ3n) is 2.55. The molecule has 0 aliphatic carbocycles. The molecule has 16 heavy (non-hydrogen) atoms. The lowest BCUT2D eigenvalue weighted by molar-refractivity contribution is 1.29. The van der Waals surface area contributed by atoms with Gasteiger partial charge in [0, 0.05) is 16.1 Å². The van der Waals surface area contributed by atoms with Crippen LogP contribution in [-0.4, -0.2) is 9.97 Å². The quantitative estimate of drug-likeness (QED) is 0.713. The zero-order valence-electron chi connectivity index (χ0n) is 8.44. The van der Waals surface area contributed by atoms with E-state index in [0.29, 0.717) is 0 Å². The molecular formula is C13H9BrN2. The van der Waals surface area contributed by atoms with Crippen LogP contribution >= 0.6 is 15.9 Å². The Morgan fingerprint density at radius 3 is 2.75 bits per heavy atom. The number of halogens is 1. The number of aromatic nitrogens is 2. The van der Waals surface area contributed by atoms with Crippen LogP contribution in [0.5, 0.6) is 0 Å². The van der Waals surface area contributed by atoms with Gasteiger partial charge in [-0.2, -0.15) is 0 Å². The van der Waals surface area contributed by atoms with Crippen molar-refractivity contribution in [3.63, 3.8) is 0 Å². The van der Waals surface area contributed by atoms with Gasteiger partial charge in [0.05, 0.1) is 16.9 Å². The molecule has 2 heterocycles. The Labute approximate surface area is 101 Å². The zero-order chi connectivity index (χ0) is 11.0. The number of nitrogens with zero attached hydrogens (tertiary/aromatic N) is 1. The predicted molar refractivity (Wildman–Crippen MR) is 69.2 cm³/mol. The molecular weight excluding hydrogens is 264 g/mol. The van der Waals surface area contributed by atoms with Gasteiger partial charge in [-0.25, -0.2) is 0 Å². The van der Waals surface area contributed by atoms with Crippen LogP contribution in [0.2, 0.25) is 0 Å². The average molecular weight is 273 g/mol. The highest BCUT2D eigenvalue weighted by atomic mass is 79.9. The standard InChI is InChI=1S/C13H9BrN2/c14-10-5-3-4-9-8-12(16-13(9)10)11-6-1-2-7-15-11/h1-8,16H. The molecule has 1 aromatic carbocycles. The fraction of sp³-hybridized carbons (Fsp3) is 0. The summed E-state index contributed by atoms with van der Waals surface area (Å²) in [5, 5.41) is 1.19. The van der Waals surface area contributed by atoms with E-state index in [4.69, 9.17) is 0 Å². The SMILES string of the molecule is Brc1cccc2cc(-c3ccccn3)[nH]c12. The summed E-state index contributed by atoms with van der Waals surface area (Å²) in [5.74, 6) is 0. The summed E-state index contributed by atoms with van der Waals surface area (Å²) in [6, 6.07) is 14.2. The van der Waals surface area contributed by atoms with Crippen molar-refractivity contribution in [2.24, 2.45) is 0 Å². The first-order valence-corrected chi connectivity index (χ1v) is 5.82. The molecule has 0 unspecified atom stereocenters. The molecule has 0 saturated carbocycles. The number of aromatic amines is 1. The minimum absolute atomic E-state index is 0.964. The van der Waals surface area contributed by atoms with Crippen LogP contribution in [0.15, 0.2) is 53.1 Å². The largest absolute Gasteiger partial charge is 0.352 e. The van der Waals surface area contributed by atoms with Gasteiger partial charge >= 0.3 is 0 Å². The van der Waals surface area contributed by atoms with Gasteiger partial charge in [-0.1, -0.05) is 18.2 Å². The molecule has 3 rings (SSSR count). The van der Waals surface area contributed by atoms with Crippen LogP contribution in [0.25, 0.3) is 22.3 Å². The second kappa shape index (κ2) is 3.76. The molecule has 0 spiro atoms. The maximum atomic E-state index is 4.33. The van der Waals surface area contributed by atoms with Gasteiger partial charge in [-0.15, -0.1) is 0 Å². The first-order valence-electron chi connectivity index (χ1n) is 5.03. The lowest BCUT2D eigenvalue weighted by atomic mass is 10.2. The monoisotopic (exact) mass is 272 g/mol. The van der Waals surface area contributed by atoms with E-state index < -0.39 is 0 Å². The normalized spacial score (nSPS) is 10.8. The second-order valence-electron chi connectivity index (χ2n) is 3.60. The maximum absolute atomic E-state index is 4.33. The van der Waals surface area contributed by atoms with Crippen molar-refractivity contribution in [3.05, 3.63) is 53.1 Å². The number of hydrogen-bond donors (Lipinski definition) is 1. The van der Waals surface area contributed by atoms with Crippen molar-refractivity contribution in [3.8, 4) is 11.4 Å². The van der Waals surface area contributed by atoms with Gasteiger partial charge in [-0.05, 0) is 40.2 Å². The van der Waals surface area contributed by atoms with E-state index >= 15 is 0 Å². The fourth-order valence-electron chi connectivity index (χ4n) is 1.78. The van der Waals surface area contributed by atoms with Crippen molar-refractivity contribution in [1.29, 1.82) is 0 Å². The minimum atomic E-state index is 0.964. The van der Waals surface area contributed by atoms with Crippen LogP contribution in [0.1, 0.15) is 0 Å². The van der Waals surface area contributed by atoms with Gasteiger partial charge < -0.3 is 4.98 Å². The Morgan fingerprint density at radius 1 is 1.06 bits per heavy atom. The van der Waals surface area contributed by atoms with Crippen molar-refractivity contribution in [1.82, 2.24) is 9.97 Å². The Balaban J connectivity index is 2.23. The summed E-state index contributed by atoms with van der Waals surface area (Å²) in [6.07, 6.45) is 1.80. The lowest BCUT2D eigenvalue weighted by Gasteiger charge is -1.94. The first kappa shape index (κ1) is 9.60. The first-order chi connectivity index (χ1) is 7.84. The van der Waals surface area contributed by atoms with E-state index in [1.54, 1.807) is 6.20 Å². The number of fused-ring (bicyclic) bond motifs is 1. The van der Waals surface area contributed by atoms with Crippen LogP contribution < -0.4 is 0 Å². The number of hydrogen-bond acceptors (Lipinski definition) is 1. The summed E-state index contributed by atoms with van der Waals surface area (Å²) in [4.78, 5) is 7.70. The van der Waals surface area contributed by atoms with Gasteiger partial charge in [0.1, 0.15) is 0 Å². The van der Waals surface area contributed by atoms with Gasteiger partial charge in [0.2, 0.25) is 0 Å². The van der Waals surface area contributed by atoms with Crippen LogP contribution in [-0.2, 0) is 0 Å². The molecule has 0 bridgehead atoms. The number of rotatable bonds is 1. The number of para-hydroxylation sites is 1. The van der Waals surface area contributed by atoms with Gasteiger partial charge in [-0.3, -0.25) is 4.98 Å². The number of nitrogens with one attached hydrogen (secondary N) is 1. The minimum Gasteiger partial charge on any atom is -0.352 e. The van der Waals surface area contributed by atoms with Gasteiger partial charge in [0.25, 0.3) is 0 Å². The molecule has 2 aromatic heterocycles. The molecule has 0 fully saturated rings. The lowest BCUT2D eigenvalue weighted by Crippen LogP contribution is -1.80. The fourth-order valence-corrected chi connectivity index (χ4v) is 2.26. The summed E-state index contributed by atoms with van der Waals surface area (Å²) in [7, 11) is 0. The number of H-pyrrole nitrogens is 1. The molecule has 2 nitrogen and oxygen atoms in total. The van der Waals surface area contributed by atoms with Crippen molar-refractivity contribution in [2.45, 2.75) is 0 Å². The summed E-state index contributed by atoms with van der Waals surface area (Å²) < 4.78 is 1.08. The van der Waals surface area contributed by atoms with E-state index in [1.807, 2.05) is 30.3 Å². The second-order valence-corrected chi connectivity index (χ2v) is 4.46. The molecule has 0 atom stereocenters. The molecule has 0 radical (unpaired) electrons. The van der Waals surface area contributed by atoms with Gasteiger partial charge in [0.15, 0.2) is 0 Å². The topological polar surface area (TPSA) is 28.7 Å². The summed E-state index contributed by atoms with van der Waals surface area (Å²) >= 11 is 3.53. The Morgan fingerprint density at radius 2 is 2.00 bits per heavy atom. The Hall–Kier alpha value is -1.61. The maximum Gasteiger partial charge on any atom is 0.0864 e. The molecule has 1 N–H and O–H groups in total. The Bertz CT molecular complexity index is 629. The smallest absolute Gasteiger partial charge is 0.0864 e. The van der Waals surface area contributed by atoms with Crippen LogP contribution in [0.3, 0.4) is 0 Å². The number of pyridine rings is 1. The molecule has 3 heteroatoms. The highest BCUT2D eigenvalue weighted by Crippen LogP contribution is 2.27. The summed E-state index contributed by atoms with van der Waals surface area (Å²) in [6.45, 7) is 0. The molecule has 0 aliphatic heterocycles. The van der Waals surface area contributed by atoms with Crippen LogP contribution in [0.4, 0.5) is 0 Å². The van der Waals surface area contributed by atoms with E-state index in [-0.39, 0.29) is 0 Å². The third-order valence-corrected chi connectivity index (χ3v) is 3.21. The van der Waals surface area contributed by atoms with Crippen molar-refractivity contribution >= 4 is 26.8 Å². The predicted octanol–water partition coefficient (Wildman–Crippen LogP) is 3.99. The summed E-state index contributed by atoms with van der Waals surface area (Å²) in [5.41, 5.74) is 3.12. The highest BCUT2D eigenvalue weighted by molar-refractivity contribution is 9.10. The van der Waals surface area contributed by atoms with E-state index in [1.165, 1.54) is 5.39 Å². The highest BCUT2D eigenvalue weighted by Gasteiger charge is 2.05. The molecule has 78 valence electrons. The Kier molecular flexibility index (Phi) is 2.26. The van der Waals surface area contributed by atoms with Crippen molar-refractivity contribution in [2.75, 3.05) is 0 Å². The third kappa shape index (κ3) is 1.53. The molecule has 0 amide bonds.